The first-order chi connectivity index (χ1) is 30.3. The van der Waals surface area contributed by atoms with Crippen LogP contribution in [0.15, 0.2) is 241 Å². The predicted octanol–water partition coefficient (Wildman–Crippen LogP) is 15.9. The van der Waals surface area contributed by atoms with E-state index in [-0.39, 0.29) is 0 Å². The first-order valence-corrected chi connectivity index (χ1v) is 21.0. The summed E-state index contributed by atoms with van der Waals surface area (Å²) in [7, 11) is 0. The van der Waals surface area contributed by atoms with Gasteiger partial charge in [0, 0.05) is 27.7 Å². The van der Waals surface area contributed by atoms with E-state index in [0.717, 1.165) is 55.7 Å². The Morgan fingerprint density at radius 1 is 0.344 bits per heavy atom. The van der Waals surface area contributed by atoms with Crippen molar-refractivity contribution in [3.63, 3.8) is 0 Å². The highest BCUT2D eigenvalue weighted by Gasteiger charge is 2.46. The Kier molecular flexibility index (Phi) is 8.11. The minimum atomic E-state index is -0.540. The quantitative estimate of drug-likeness (QED) is 0.160. The van der Waals surface area contributed by atoms with Crippen LogP contribution in [0.3, 0.4) is 0 Å². The summed E-state index contributed by atoms with van der Waals surface area (Å²) < 4.78 is 6.46. The van der Waals surface area contributed by atoms with E-state index in [1.54, 1.807) is 0 Å². The molecule has 12 rings (SSSR count). The number of anilines is 3. The van der Waals surface area contributed by atoms with Crippen LogP contribution in [0.1, 0.15) is 22.3 Å². The van der Waals surface area contributed by atoms with E-state index in [0.29, 0.717) is 0 Å². The Hall–Kier alpha value is -7.94. The third-order valence-corrected chi connectivity index (χ3v) is 12.7. The lowest BCUT2D eigenvalue weighted by Gasteiger charge is -2.35. The molecule has 0 fully saturated rings. The maximum absolute atomic E-state index is 6.46. The molecule has 0 aliphatic heterocycles. The van der Waals surface area contributed by atoms with Crippen LogP contribution in [0, 0.1) is 0 Å². The lowest BCUT2D eigenvalue weighted by molar-refractivity contribution is 0.669. The van der Waals surface area contributed by atoms with Crippen LogP contribution >= 0.6 is 0 Å². The number of benzene rings is 10. The molecule has 1 aromatic heterocycles. The van der Waals surface area contributed by atoms with Crippen molar-refractivity contribution in [1.82, 2.24) is 0 Å². The number of hydrogen-bond donors (Lipinski definition) is 0. The third kappa shape index (κ3) is 5.43. The van der Waals surface area contributed by atoms with Crippen LogP contribution in [0.4, 0.5) is 17.1 Å². The van der Waals surface area contributed by atoms with Crippen molar-refractivity contribution in [2.45, 2.75) is 5.41 Å². The van der Waals surface area contributed by atoms with Gasteiger partial charge in [-0.25, -0.2) is 0 Å². The highest BCUT2D eigenvalue weighted by molar-refractivity contribution is 6.14. The van der Waals surface area contributed by atoms with Crippen LogP contribution < -0.4 is 4.90 Å². The van der Waals surface area contributed by atoms with Gasteiger partial charge in [0.15, 0.2) is 0 Å². The Labute approximate surface area is 355 Å². The number of rotatable bonds is 7. The van der Waals surface area contributed by atoms with Gasteiger partial charge in [0.2, 0.25) is 0 Å². The zero-order valence-electron chi connectivity index (χ0n) is 33.4. The molecule has 61 heavy (non-hydrogen) atoms. The molecule has 10 aromatic carbocycles. The summed E-state index contributed by atoms with van der Waals surface area (Å²) in [5.74, 6) is 0. The predicted molar refractivity (Wildman–Crippen MR) is 254 cm³/mol. The summed E-state index contributed by atoms with van der Waals surface area (Å²) >= 11 is 0. The van der Waals surface area contributed by atoms with Gasteiger partial charge in [-0.05, 0) is 103 Å². The van der Waals surface area contributed by atoms with Gasteiger partial charge >= 0.3 is 0 Å². The Morgan fingerprint density at radius 3 is 1.75 bits per heavy atom. The molecule has 2 heteroatoms. The molecule has 286 valence electrons. The van der Waals surface area contributed by atoms with Crippen molar-refractivity contribution in [2.24, 2.45) is 0 Å². The molecule has 0 atom stereocenters. The normalized spacial score (nSPS) is 12.7. The molecule has 0 amide bonds. The van der Waals surface area contributed by atoms with Gasteiger partial charge in [-0.1, -0.05) is 194 Å². The zero-order valence-corrected chi connectivity index (χ0v) is 33.4. The lowest BCUT2D eigenvalue weighted by Crippen LogP contribution is -2.28. The van der Waals surface area contributed by atoms with E-state index in [1.807, 2.05) is 6.07 Å². The summed E-state index contributed by atoms with van der Waals surface area (Å²) in [5, 5.41) is 4.69. The zero-order chi connectivity index (χ0) is 40.3. The Morgan fingerprint density at radius 2 is 0.918 bits per heavy atom. The van der Waals surface area contributed by atoms with Gasteiger partial charge in [-0.3, -0.25) is 0 Å². The van der Waals surface area contributed by atoms with E-state index >= 15 is 0 Å². The summed E-state index contributed by atoms with van der Waals surface area (Å²) in [6.07, 6.45) is 0. The van der Waals surface area contributed by atoms with Crippen LogP contribution in [0.5, 0.6) is 0 Å². The molecule has 2 nitrogen and oxygen atoms in total. The fourth-order valence-corrected chi connectivity index (χ4v) is 10.2. The van der Waals surface area contributed by atoms with Crippen LogP contribution in [0.25, 0.3) is 66.1 Å². The lowest BCUT2D eigenvalue weighted by atomic mass is 9.67. The Bertz CT molecular complexity index is 3390. The number of nitrogens with zero attached hydrogens (tertiary/aromatic N) is 1. The summed E-state index contributed by atoms with van der Waals surface area (Å²) in [6.45, 7) is 0. The van der Waals surface area contributed by atoms with Gasteiger partial charge < -0.3 is 9.32 Å². The fraction of sp³-hybridized carbons (Fsp3) is 0.0169. The van der Waals surface area contributed by atoms with E-state index in [9.17, 15) is 0 Å². The van der Waals surface area contributed by atoms with E-state index < -0.39 is 5.41 Å². The molecule has 11 aromatic rings. The Balaban J connectivity index is 1.15. The first-order valence-electron chi connectivity index (χ1n) is 21.0. The maximum Gasteiger partial charge on any atom is 0.136 e. The number of hydrogen-bond acceptors (Lipinski definition) is 2. The highest BCUT2D eigenvalue weighted by atomic mass is 16.3. The minimum absolute atomic E-state index is 0.540. The van der Waals surface area contributed by atoms with E-state index in [2.05, 4.69) is 235 Å². The number of fused-ring (bicyclic) bond motifs is 7. The van der Waals surface area contributed by atoms with Gasteiger partial charge in [0.25, 0.3) is 0 Å². The third-order valence-electron chi connectivity index (χ3n) is 12.7. The van der Waals surface area contributed by atoms with E-state index in [4.69, 9.17) is 4.42 Å². The number of furan rings is 1. The molecule has 0 bridgehead atoms. The van der Waals surface area contributed by atoms with Gasteiger partial charge in [0.1, 0.15) is 11.2 Å². The number of para-hydroxylation sites is 2. The second-order valence-corrected chi connectivity index (χ2v) is 16.0. The molecule has 0 saturated carbocycles. The molecule has 1 aliphatic carbocycles. The van der Waals surface area contributed by atoms with E-state index in [1.165, 1.54) is 49.7 Å². The van der Waals surface area contributed by atoms with Crippen molar-refractivity contribution < 1.29 is 4.42 Å². The van der Waals surface area contributed by atoms with Gasteiger partial charge in [-0.2, -0.15) is 0 Å². The minimum Gasteiger partial charge on any atom is -0.456 e. The van der Waals surface area contributed by atoms with Crippen molar-refractivity contribution in [3.8, 4) is 33.4 Å². The summed E-state index contributed by atoms with van der Waals surface area (Å²) in [4.78, 5) is 2.47. The van der Waals surface area contributed by atoms with Crippen LogP contribution in [-0.4, -0.2) is 0 Å². The molecule has 0 spiro atoms. The van der Waals surface area contributed by atoms with Gasteiger partial charge in [0.05, 0.1) is 11.1 Å². The SMILES string of the molecule is c1ccc(C2(c3ccccc3)c3ccccc3-c3ccc(N(c4cccc(-c5cccc6ccccc56)c4)c4ccccc4-c4cccc5oc6ccccc6c45)cc32)cc1. The molecule has 1 heterocycles. The summed E-state index contributed by atoms with van der Waals surface area (Å²) in [6, 6.07) is 86.2. The van der Waals surface area contributed by atoms with Crippen molar-refractivity contribution in [2.75, 3.05) is 4.90 Å². The largest absolute Gasteiger partial charge is 0.456 e. The maximum atomic E-state index is 6.46. The highest BCUT2D eigenvalue weighted by Crippen LogP contribution is 2.57. The standard InChI is InChI=1S/C59H39NO/c1-3-21-42(22-4-1)59(43-23-5-2-6-24-43)53-32-12-9-27-48(53)49-37-36-45(39-54(49)59)60(44-25-15-20-41(38-44)47-30-16-19-40-18-7-8-26-46(40)47)55-33-13-10-28-50(55)51-31-17-35-57-58(51)52-29-11-14-34-56(52)61-57/h1-39H. The molecule has 0 N–H and O–H groups in total. The first kappa shape index (κ1) is 35.0. The monoisotopic (exact) mass is 777 g/mol. The molecular weight excluding hydrogens is 739 g/mol. The van der Waals surface area contributed by atoms with Crippen molar-refractivity contribution >= 4 is 49.8 Å². The topological polar surface area (TPSA) is 16.4 Å². The molecule has 0 unspecified atom stereocenters. The molecule has 0 radical (unpaired) electrons. The molecule has 1 aliphatic rings. The van der Waals surface area contributed by atoms with Crippen molar-refractivity contribution in [3.05, 3.63) is 259 Å². The molecule has 0 saturated heterocycles. The average molecular weight is 778 g/mol. The fourth-order valence-electron chi connectivity index (χ4n) is 10.2. The molecular formula is C59H39NO. The smallest absolute Gasteiger partial charge is 0.136 e. The van der Waals surface area contributed by atoms with Crippen LogP contribution in [-0.2, 0) is 5.41 Å². The second kappa shape index (κ2) is 14.1. The average Bonchev–Trinajstić information content (AvgIpc) is 3.86. The summed E-state index contributed by atoms with van der Waals surface area (Å²) in [5.41, 5.74) is 16.6. The van der Waals surface area contributed by atoms with Crippen molar-refractivity contribution in [1.29, 1.82) is 0 Å². The van der Waals surface area contributed by atoms with Crippen LogP contribution in [0.2, 0.25) is 0 Å². The second-order valence-electron chi connectivity index (χ2n) is 16.0. The van der Waals surface area contributed by atoms with Gasteiger partial charge in [-0.15, -0.1) is 0 Å².